The third kappa shape index (κ3) is 3.25. The first-order valence-electron chi connectivity index (χ1n) is 7.18. The fourth-order valence-electron chi connectivity index (χ4n) is 3.55. The van der Waals surface area contributed by atoms with E-state index in [0.29, 0.717) is 18.8 Å². The molecule has 1 aliphatic heterocycles. The highest BCUT2D eigenvalue weighted by Crippen LogP contribution is 2.38. The minimum atomic E-state index is -0.832. The van der Waals surface area contributed by atoms with Gasteiger partial charge in [0.25, 0.3) is 0 Å². The molecule has 0 aromatic rings. The standard InChI is InChI=1S/C14H23NO3S/c1-19-9-8-13(16)15-11-5-3-2-4-10(11)6-7-12(15)14(17)18/h10-12H,2-9H2,1H3,(H,17,18). The van der Waals surface area contributed by atoms with Gasteiger partial charge < -0.3 is 10.0 Å². The molecule has 3 unspecified atom stereocenters. The first-order chi connectivity index (χ1) is 9.15. The van der Waals surface area contributed by atoms with Crippen molar-refractivity contribution in [3.63, 3.8) is 0 Å². The van der Waals surface area contributed by atoms with Crippen LogP contribution in [0.4, 0.5) is 0 Å². The van der Waals surface area contributed by atoms with Gasteiger partial charge in [-0.15, -0.1) is 0 Å². The Bertz CT molecular complexity index is 348. The third-order valence-electron chi connectivity index (χ3n) is 4.47. The normalized spacial score (nSPS) is 30.8. The molecule has 1 saturated carbocycles. The quantitative estimate of drug-likeness (QED) is 0.861. The van der Waals surface area contributed by atoms with E-state index in [0.717, 1.165) is 31.4 Å². The van der Waals surface area contributed by atoms with E-state index in [4.69, 9.17) is 0 Å². The fraction of sp³-hybridized carbons (Fsp3) is 0.857. The Morgan fingerprint density at radius 1 is 1.21 bits per heavy atom. The summed E-state index contributed by atoms with van der Waals surface area (Å²) in [5.74, 6) is 0.515. The molecule has 1 saturated heterocycles. The van der Waals surface area contributed by atoms with Crippen LogP contribution in [0.15, 0.2) is 0 Å². The highest BCUT2D eigenvalue weighted by molar-refractivity contribution is 7.98. The summed E-state index contributed by atoms with van der Waals surface area (Å²) in [6, 6.07) is -0.410. The van der Waals surface area contributed by atoms with Gasteiger partial charge in [0.1, 0.15) is 6.04 Å². The number of hydrogen-bond donors (Lipinski definition) is 1. The van der Waals surface area contributed by atoms with Crippen molar-refractivity contribution >= 4 is 23.6 Å². The van der Waals surface area contributed by atoms with Gasteiger partial charge in [0.05, 0.1) is 0 Å². The maximum absolute atomic E-state index is 12.4. The van der Waals surface area contributed by atoms with Crippen molar-refractivity contribution in [3.05, 3.63) is 0 Å². The second-order valence-electron chi connectivity index (χ2n) is 5.59. The number of piperidine rings is 1. The summed E-state index contributed by atoms with van der Waals surface area (Å²) in [4.78, 5) is 25.5. The maximum atomic E-state index is 12.4. The van der Waals surface area contributed by atoms with E-state index in [2.05, 4.69) is 0 Å². The Morgan fingerprint density at radius 3 is 2.63 bits per heavy atom. The van der Waals surface area contributed by atoms with Crippen LogP contribution < -0.4 is 0 Å². The second-order valence-corrected chi connectivity index (χ2v) is 6.57. The largest absolute Gasteiger partial charge is 0.480 e. The third-order valence-corrected chi connectivity index (χ3v) is 5.08. The molecule has 3 atom stereocenters. The van der Waals surface area contributed by atoms with E-state index < -0.39 is 12.0 Å². The van der Waals surface area contributed by atoms with Crippen molar-refractivity contribution in [2.75, 3.05) is 12.0 Å². The van der Waals surface area contributed by atoms with Crippen LogP contribution in [0.3, 0.4) is 0 Å². The molecular formula is C14H23NO3S. The van der Waals surface area contributed by atoms with Crippen molar-refractivity contribution in [2.45, 2.75) is 57.0 Å². The summed E-state index contributed by atoms with van der Waals surface area (Å²) < 4.78 is 0. The van der Waals surface area contributed by atoms with E-state index in [1.54, 1.807) is 16.7 Å². The summed E-state index contributed by atoms with van der Waals surface area (Å²) in [5.41, 5.74) is 0. The van der Waals surface area contributed by atoms with Gasteiger partial charge in [-0.25, -0.2) is 4.79 Å². The lowest BCUT2D eigenvalue weighted by Crippen LogP contribution is -2.57. The van der Waals surface area contributed by atoms with Crippen LogP contribution in [0.5, 0.6) is 0 Å². The van der Waals surface area contributed by atoms with E-state index in [-0.39, 0.29) is 11.9 Å². The number of thioether (sulfide) groups is 1. The Hall–Kier alpha value is -0.710. The molecule has 0 aromatic heterocycles. The number of rotatable bonds is 4. The van der Waals surface area contributed by atoms with Crippen LogP contribution in [0.25, 0.3) is 0 Å². The molecule has 1 amide bonds. The Morgan fingerprint density at radius 2 is 1.95 bits per heavy atom. The SMILES string of the molecule is CSCCC(=O)N1C(C(=O)O)CCC2CCCCC21. The van der Waals surface area contributed by atoms with Crippen LogP contribution in [-0.2, 0) is 9.59 Å². The smallest absolute Gasteiger partial charge is 0.326 e. The first-order valence-corrected chi connectivity index (χ1v) is 8.57. The van der Waals surface area contributed by atoms with Gasteiger partial charge in [-0.05, 0) is 37.9 Å². The number of hydrogen-bond acceptors (Lipinski definition) is 3. The molecule has 1 heterocycles. The summed E-state index contributed by atoms with van der Waals surface area (Å²) in [5, 5.41) is 9.37. The molecule has 1 N–H and O–H groups in total. The van der Waals surface area contributed by atoms with Gasteiger partial charge in [-0.2, -0.15) is 11.8 Å². The van der Waals surface area contributed by atoms with Gasteiger partial charge >= 0.3 is 5.97 Å². The van der Waals surface area contributed by atoms with Crippen LogP contribution >= 0.6 is 11.8 Å². The van der Waals surface area contributed by atoms with Crippen molar-refractivity contribution in [1.82, 2.24) is 4.90 Å². The summed E-state index contributed by atoms with van der Waals surface area (Å²) in [7, 11) is 0. The van der Waals surface area contributed by atoms with Gasteiger partial charge in [0.15, 0.2) is 0 Å². The Balaban J connectivity index is 2.14. The zero-order valence-electron chi connectivity index (χ0n) is 11.5. The van der Waals surface area contributed by atoms with Crippen molar-refractivity contribution in [3.8, 4) is 0 Å². The van der Waals surface area contributed by atoms with Crippen molar-refractivity contribution in [1.29, 1.82) is 0 Å². The molecule has 4 nitrogen and oxygen atoms in total. The van der Waals surface area contributed by atoms with Crippen molar-refractivity contribution in [2.24, 2.45) is 5.92 Å². The molecule has 2 rings (SSSR count). The van der Waals surface area contributed by atoms with E-state index in [9.17, 15) is 14.7 Å². The van der Waals surface area contributed by atoms with Crippen LogP contribution in [0.1, 0.15) is 44.9 Å². The second kappa shape index (κ2) is 6.64. The number of aliphatic carboxylic acids is 1. The van der Waals surface area contributed by atoms with Gasteiger partial charge in [-0.1, -0.05) is 12.8 Å². The van der Waals surface area contributed by atoms with E-state index in [1.807, 2.05) is 6.26 Å². The Labute approximate surface area is 118 Å². The first kappa shape index (κ1) is 14.7. The molecule has 0 radical (unpaired) electrons. The lowest BCUT2D eigenvalue weighted by atomic mass is 9.76. The Kier molecular flexibility index (Phi) is 5.13. The average Bonchev–Trinajstić information content (AvgIpc) is 2.43. The molecule has 1 aliphatic carbocycles. The van der Waals surface area contributed by atoms with Gasteiger partial charge in [0, 0.05) is 18.2 Å². The highest BCUT2D eigenvalue weighted by Gasteiger charge is 2.43. The number of fused-ring (bicyclic) bond motifs is 1. The lowest BCUT2D eigenvalue weighted by molar-refractivity contribution is -0.158. The molecule has 0 aromatic carbocycles. The number of carboxylic acid groups (broad SMARTS) is 1. The monoisotopic (exact) mass is 285 g/mol. The van der Waals surface area contributed by atoms with Crippen LogP contribution in [0.2, 0.25) is 0 Å². The zero-order valence-corrected chi connectivity index (χ0v) is 12.3. The number of amides is 1. The fourth-order valence-corrected chi connectivity index (χ4v) is 3.93. The molecular weight excluding hydrogens is 262 g/mol. The minimum absolute atomic E-state index is 0.0401. The molecule has 0 bridgehead atoms. The summed E-state index contributed by atoms with van der Waals surface area (Å²) in [6.45, 7) is 0. The molecule has 108 valence electrons. The molecule has 2 fully saturated rings. The predicted octanol–water partition coefficient (Wildman–Crippen LogP) is 2.37. The molecule has 5 heteroatoms. The van der Waals surface area contributed by atoms with E-state index >= 15 is 0 Å². The summed E-state index contributed by atoms with van der Waals surface area (Å²) >= 11 is 1.64. The average molecular weight is 285 g/mol. The van der Waals surface area contributed by atoms with Crippen molar-refractivity contribution < 1.29 is 14.7 Å². The van der Waals surface area contributed by atoms with Crippen LogP contribution in [0, 0.1) is 5.92 Å². The number of nitrogens with zero attached hydrogens (tertiary/aromatic N) is 1. The maximum Gasteiger partial charge on any atom is 0.326 e. The number of likely N-dealkylation sites (tertiary alicyclic amines) is 1. The van der Waals surface area contributed by atoms with Gasteiger partial charge in [0.2, 0.25) is 5.91 Å². The van der Waals surface area contributed by atoms with Gasteiger partial charge in [-0.3, -0.25) is 4.79 Å². The number of carboxylic acids is 1. The molecule has 19 heavy (non-hydrogen) atoms. The topological polar surface area (TPSA) is 57.6 Å². The predicted molar refractivity (Wildman–Crippen MR) is 76.2 cm³/mol. The molecule has 2 aliphatic rings. The zero-order chi connectivity index (χ0) is 13.8. The van der Waals surface area contributed by atoms with Crippen LogP contribution in [-0.4, -0.2) is 46.0 Å². The molecule has 0 spiro atoms. The summed E-state index contributed by atoms with van der Waals surface area (Å²) in [6.07, 6.45) is 8.53. The number of carbonyl (C=O) groups excluding carboxylic acids is 1. The lowest BCUT2D eigenvalue weighted by Gasteiger charge is -2.47. The minimum Gasteiger partial charge on any atom is -0.480 e. The number of carbonyl (C=O) groups is 2. The highest BCUT2D eigenvalue weighted by atomic mass is 32.2. The van der Waals surface area contributed by atoms with E-state index in [1.165, 1.54) is 6.42 Å².